The third-order valence-electron chi connectivity index (χ3n) is 4.45. The number of benzene rings is 1. The number of nitrogens with one attached hydrogen (secondary N) is 1. The van der Waals surface area contributed by atoms with Gasteiger partial charge in [0.25, 0.3) is 11.8 Å². The first-order valence-corrected chi connectivity index (χ1v) is 11.0. The Balaban J connectivity index is 2.46. The molecule has 3 N–H and O–H groups in total. The van der Waals surface area contributed by atoms with Crippen LogP contribution < -0.4 is 11.1 Å². The summed E-state index contributed by atoms with van der Waals surface area (Å²) in [5.41, 5.74) is 6.33. The molecule has 1 heterocycles. The highest BCUT2D eigenvalue weighted by Gasteiger charge is 2.26. The number of primary amides is 1. The largest absolute Gasteiger partial charge is 0.365 e. The van der Waals surface area contributed by atoms with Gasteiger partial charge in [0.1, 0.15) is 5.00 Å². The van der Waals surface area contributed by atoms with Crippen molar-refractivity contribution in [3.63, 3.8) is 0 Å². The molecule has 1 aromatic heterocycles. The summed E-state index contributed by atoms with van der Waals surface area (Å²) in [4.78, 5) is 25.3. The zero-order valence-electron chi connectivity index (χ0n) is 16.2. The molecule has 0 atom stereocenters. The number of carbonyl (C=O) groups is 2. The number of nitrogens with zero attached hydrogens (tertiary/aromatic N) is 1. The van der Waals surface area contributed by atoms with Gasteiger partial charge in [-0.3, -0.25) is 9.59 Å². The fraction of sp³-hybridized carbons (Fsp3) is 0.333. The molecule has 2 amide bonds. The van der Waals surface area contributed by atoms with Crippen LogP contribution in [0.3, 0.4) is 0 Å². The minimum Gasteiger partial charge on any atom is -0.365 e. The van der Waals surface area contributed by atoms with E-state index >= 15 is 0 Å². The lowest BCUT2D eigenvalue weighted by Crippen LogP contribution is -2.33. The van der Waals surface area contributed by atoms with Gasteiger partial charge in [0, 0.05) is 18.0 Å². The van der Waals surface area contributed by atoms with Crippen LogP contribution in [0.5, 0.6) is 0 Å². The maximum atomic E-state index is 12.8. The number of hydrogen-bond acceptors (Lipinski definition) is 5. The van der Waals surface area contributed by atoms with Gasteiger partial charge < -0.3 is 11.1 Å². The van der Waals surface area contributed by atoms with E-state index < -0.39 is 21.8 Å². The number of amides is 2. The number of carbonyl (C=O) groups excluding carboxylic acids is 2. The molecule has 7 nitrogen and oxygen atoms in total. The van der Waals surface area contributed by atoms with Crippen LogP contribution >= 0.6 is 22.9 Å². The highest BCUT2D eigenvalue weighted by molar-refractivity contribution is 7.89. The molecule has 1 aromatic carbocycles. The quantitative estimate of drug-likeness (QED) is 0.712. The Morgan fingerprint density at radius 2 is 1.86 bits per heavy atom. The van der Waals surface area contributed by atoms with Crippen LogP contribution in [-0.4, -0.2) is 37.6 Å². The van der Waals surface area contributed by atoms with Crippen molar-refractivity contribution < 1.29 is 18.0 Å². The Morgan fingerprint density at radius 3 is 2.39 bits per heavy atom. The molecular formula is C18H22ClN3O4S2. The monoisotopic (exact) mass is 443 g/mol. The molecule has 0 spiro atoms. The second-order valence-electron chi connectivity index (χ2n) is 6.56. The van der Waals surface area contributed by atoms with E-state index in [9.17, 15) is 18.0 Å². The molecular weight excluding hydrogens is 422 g/mol. The number of thiophene rings is 1. The van der Waals surface area contributed by atoms with Gasteiger partial charge in [0.15, 0.2) is 0 Å². The van der Waals surface area contributed by atoms with Gasteiger partial charge >= 0.3 is 0 Å². The standard InChI is InChI=1S/C18H22ClN3O4S2/c1-9(2)22(5)28(25,26)12-6-7-14(19)13(8-12)17(24)21-18-15(16(20)23)10(3)11(4)27-18/h6-9H,1-5H3,(H2,20,23)(H,21,24). The second-order valence-corrected chi connectivity index (χ2v) is 10.2. The Hall–Kier alpha value is -1.94. The maximum Gasteiger partial charge on any atom is 0.257 e. The first kappa shape index (κ1) is 22.4. The predicted octanol–water partition coefficient (Wildman–Crippen LogP) is 3.40. The lowest BCUT2D eigenvalue weighted by molar-refractivity contribution is 0.100. The molecule has 152 valence electrons. The Bertz CT molecular complexity index is 1050. The number of halogens is 1. The third-order valence-corrected chi connectivity index (χ3v) is 7.93. The van der Waals surface area contributed by atoms with E-state index in [1.807, 2.05) is 6.92 Å². The van der Waals surface area contributed by atoms with Gasteiger partial charge in [0.2, 0.25) is 10.0 Å². The maximum absolute atomic E-state index is 12.8. The fourth-order valence-electron chi connectivity index (χ4n) is 2.46. The molecule has 2 aromatic rings. The average molecular weight is 444 g/mol. The highest BCUT2D eigenvalue weighted by Crippen LogP contribution is 2.33. The number of hydrogen-bond donors (Lipinski definition) is 2. The van der Waals surface area contributed by atoms with Gasteiger partial charge in [-0.25, -0.2) is 8.42 Å². The number of sulfonamides is 1. The minimum atomic E-state index is -3.78. The summed E-state index contributed by atoms with van der Waals surface area (Å²) in [7, 11) is -2.32. The first-order chi connectivity index (χ1) is 12.9. The van der Waals surface area contributed by atoms with Crippen LogP contribution in [0.25, 0.3) is 0 Å². The van der Waals surface area contributed by atoms with Crippen LogP contribution in [0.2, 0.25) is 5.02 Å². The zero-order chi connectivity index (χ0) is 21.4. The van der Waals surface area contributed by atoms with Gasteiger partial charge in [-0.15, -0.1) is 11.3 Å². The van der Waals surface area contributed by atoms with Crippen molar-refractivity contribution >= 4 is 49.8 Å². The zero-order valence-corrected chi connectivity index (χ0v) is 18.6. The van der Waals surface area contributed by atoms with Gasteiger partial charge in [-0.2, -0.15) is 4.31 Å². The summed E-state index contributed by atoms with van der Waals surface area (Å²) in [5, 5.41) is 3.02. The minimum absolute atomic E-state index is 0.0148. The van der Waals surface area contributed by atoms with Crippen LogP contribution in [0.4, 0.5) is 5.00 Å². The molecule has 0 saturated carbocycles. The smallest absolute Gasteiger partial charge is 0.257 e. The Morgan fingerprint density at radius 1 is 1.25 bits per heavy atom. The number of rotatable bonds is 6. The van der Waals surface area contributed by atoms with E-state index in [2.05, 4.69) is 5.32 Å². The summed E-state index contributed by atoms with van der Waals surface area (Å²) in [6, 6.07) is 3.68. The van der Waals surface area contributed by atoms with Crippen molar-refractivity contribution in [3.8, 4) is 0 Å². The van der Waals surface area contributed by atoms with Crippen LogP contribution in [0, 0.1) is 13.8 Å². The highest BCUT2D eigenvalue weighted by atomic mass is 35.5. The van der Waals surface area contributed by atoms with Gasteiger partial charge in [-0.05, 0) is 51.5 Å². The Kier molecular flexibility index (Phi) is 6.55. The lowest BCUT2D eigenvalue weighted by Gasteiger charge is -2.21. The molecule has 0 bridgehead atoms. The van der Waals surface area contributed by atoms with Gasteiger partial charge in [-0.1, -0.05) is 11.6 Å². The fourth-order valence-corrected chi connectivity index (χ4v) is 5.12. The molecule has 10 heteroatoms. The number of anilines is 1. The topological polar surface area (TPSA) is 110 Å². The molecule has 2 rings (SSSR count). The molecule has 0 aliphatic rings. The average Bonchev–Trinajstić information content (AvgIpc) is 2.87. The summed E-state index contributed by atoms with van der Waals surface area (Å²) < 4.78 is 26.6. The summed E-state index contributed by atoms with van der Waals surface area (Å²) >= 11 is 7.35. The molecule has 0 unspecified atom stereocenters. The van der Waals surface area contributed by atoms with E-state index in [0.29, 0.717) is 10.6 Å². The van der Waals surface area contributed by atoms with Crippen molar-refractivity contribution in [2.75, 3.05) is 12.4 Å². The van der Waals surface area contributed by atoms with Crippen LogP contribution in [0.1, 0.15) is 45.0 Å². The van der Waals surface area contributed by atoms with Crippen molar-refractivity contribution in [3.05, 3.63) is 44.8 Å². The molecule has 0 radical (unpaired) electrons. The molecule has 0 aliphatic heterocycles. The Labute approximate surface area is 173 Å². The summed E-state index contributed by atoms with van der Waals surface area (Å²) in [6.45, 7) is 7.04. The van der Waals surface area contributed by atoms with E-state index in [1.165, 1.54) is 40.9 Å². The second kappa shape index (κ2) is 8.20. The molecule has 0 saturated heterocycles. The number of aryl methyl sites for hydroxylation is 1. The normalized spacial score (nSPS) is 11.9. The van der Waals surface area contributed by atoms with E-state index in [4.69, 9.17) is 17.3 Å². The van der Waals surface area contributed by atoms with Crippen molar-refractivity contribution in [1.29, 1.82) is 0 Å². The van der Waals surface area contributed by atoms with E-state index in [0.717, 1.165) is 4.88 Å². The molecule has 0 aliphatic carbocycles. The summed E-state index contributed by atoms with van der Waals surface area (Å²) in [6.07, 6.45) is 0. The predicted molar refractivity (Wildman–Crippen MR) is 112 cm³/mol. The SMILES string of the molecule is Cc1sc(NC(=O)c2cc(S(=O)(=O)N(C)C(C)C)ccc2Cl)c(C(N)=O)c1C. The van der Waals surface area contributed by atoms with Gasteiger partial charge in [0.05, 0.1) is 21.0 Å². The molecule has 28 heavy (non-hydrogen) atoms. The van der Waals surface area contributed by atoms with Crippen molar-refractivity contribution in [1.82, 2.24) is 4.31 Å². The lowest BCUT2D eigenvalue weighted by atomic mass is 10.1. The third kappa shape index (κ3) is 4.22. The number of nitrogens with two attached hydrogens (primary N) is 1. The van der Waals surface area contributed by atoms with Crippen LogP contribution in [-0.2, 0) is 10.0 Å². The first-order valence-electron chi connectivity index (χ1n) is 8.36. The van der Waals surface area contributed by atoms with E-state index in [-0.39, 0.29) is 27.1 Å². The van der Waals surface area contributed by atoms with Crippen LogP contribution in [0.15, 0.2) is 23.1 Å². The summed E-state index contributed by atoms with van der Waals surface area (Å²) in [5.74, 6) is -1.28. The molecule has 0 fully saturated rings. The van der Waals surface area contributed by atoms with E-state index in [1.54, 1.807) is 20.8 Å². The van der Waals surface area contributed by atoms with Crippen molar-refractivity contribution in [2.24, 2.45) is 5.73 Å². The van der Waals surface area contributed by atoms with Crippen molar-refractivity contribution in [2.45, 2.75) is 38.6 Å².